The highest BCUT2D eigenvalue weighted by molar-refractivity contribution is 6.63. The Bertz CT molecular complexity index is 747. The van der Waals surface area contributed by atoms with Gasteiger partial charge in [0.2, 0.25) is 5.24 Å². The summed E-state index contributed by atoms with van der Waals surface area (Å²) in [6, 6.07) is 9.90. The summed E-state index contributed by atoms with van der Waals surface area (Å²) in [5, 5.41) is -0.421. The van der Waals surface area contributed by atoms with Gasteiger partial charge in [-0.1, -0.05) is 23.8 Å². The van der Waals surface area contributed by atoms with Crippen molar-refractivity contribution in [3.05, 3.63) is 57.4 Å². The van der Waals surface area contributed by atoms with Crippen LogP contribution >= 0.6 is 11.6 Å². The van der Waals surface area contributed by atoms with Gasteiger partial charge in [-0.15, -0.1) is 0 Å². The van der Waals surface area contributed by atoms with Crippen LogP contribution in [0.2, 0.25) is 0 Å². The Labute approximate surface area is 129 Å². The fourth-order valence-electron chi connectivity index (χ4n) is 2.39. The van der Waals surface area contributed by atoms with Crippen molar-refractivity contribution in [2.45, 2.75) is 26.7 Å². The Balaban J connectivity index is 2.48. The number of pyridine rings is 1. The third kappa shape index (κ3) is 3.42. The molecule has 110 valence electrons. The molecule has 2 aromatic rings. The number of aryl methyl sites for hydroxylation is 3. The predicted molar refractivity (Wildman–Crippen MR) is 85.8 cm³/mol. The maximum atomic E-state index is 12.4. The topological polar surface area (TPSA) is 39.1 Å². The van der Waals surface area contributed by atoms with Crippen molar-refractivity contribution in [3.63, 3.8) is 0 Å². The summed E-state index contributed by atoms with van der Waals surface area (Å²) >= 11 is 5.34. The Morgan fingerprint density at radius 2 is 1.90 bits per heavy atom. The first-order valence-corrected chi connectivity index (χ1v) is 7.23. The third-order valence-electron chi connectivity index (χ3n) is 3.64. The lowest BCUT2D eigenvalue weighted by atomic mass is 10.0. The molecule has 2 rings (SSSR count). The normalized spacial score (nSPS) is 10.7. The number of aromatic nitrogens is 1. The fourth-order valence-corrected chi connectivity index (χ4v) is 2.49. The lowest BCUT2D eigenvalue weighted by molar-refractivity contribution is -0.111. The molecule has 0 atom stereocenters. The monoisotopic (exact) mass is 303 g/mol. The SMILES string of the molecule is Cc1ccc(C)c(-c2ccc(CCC(=O)Cl)c(=O)n2C)c1. The molecule has 0 unspecified atom stereocenters. The van der Waals surface area contributed by atoms with Gasteiger partial charge in [-0.2, -0.15) is 0 Å². The van der Waals surface area contributed by atoms with Gasteiger partial charge in [-0.25, -0.2) is 0 Å². The molecule has 4 heteroatoms. The van der Waals surface area contributed by atoms with Crippen LogP contribution in [0.5, 0.6) is 0 Å². The Morgan fingerprint density at radius 3 is 2.57 bits per heavy atom. The van der Waals surface area contributed by atoms with E-state index in [-0.39, 0.29) is 12.0 Å². The van der Waals surface area contributed by atoms with Crippen LogP contribution in [0.4, 0.5) is 0 Å². The molecule has 0 fully saturated rings. The van der Waals surface area contributed by atoms with Gasteiger partial charge < -0.3 is 4.57 Å². The minimum absolute atomic E-state index is 0.0775. The highest BCUT2D eigenvalue weighted by Gasteiger charge is 2.10. The van der Waals surface area contributed by atoms with Crippen LogP contribution in [-0.2, 0) is 18.3 Å². The Kier molecular flexibility index (Phi) is 4.63. The van der Waals surface area contributed by atoms with Crippen molar-refractivity contribution < 1.29 is 4.79 Å². The first-order chi connectivity index (χ1) is 9.90. The van der Waals surface area contributed by atoms with E-state index in [0.29, 0.717) is 12.0 Å². The molecule has 0 N–H and O–H groups in total. The number of hydrogen-bond donors (Lipinski definition) is 0. The molecule has 0 spiro atoms. The van der Waals surface area contributed by atoms with Crippen molar-refractivity contribution in [2.75, 3.05) is 0 Å². The first kappa shape index (κ1) is 15.5. The van der Waals surface area contributed by atoms with Crippen LogP contribution in [0, 0.1) is 13.8 Å². The van der Waals surface area contributed by atoms with E-state index in [4.69, 9.17) is 11.6 Å². The van der Waals surface area contributed by atoms with E-state index in [1.807, 2.05) is 19.9 Å². The van der Waals surface area contributed by atoms with Crippen molar-refractivity contribution >= 4 is 16.8 Å². The van der Waals surface area contributed by atoms with Gasteiger partial charge in [-0.05, 0) is 49.6 Å². The van der Waals surface area contributed by atoms with Gasteiger partial charge in [0.05, 0.1) is 5.69 Å². The van der Waals surface area contributed by atoms with Crippen molar-refractivity contribution in [2.24, 2.45) is 7.05 Å². The van der Waals surface area contributed by atoms with E-state index >= 15 is 0 Å². The number of nitrogens with zero attached hydrogens (tertiary/aromatic N) is 1. The number of rotatable bonds is 4. The smallest absolute Gasteiger partial charge is 0.253 e. The second-order valence-electron chi connectivity index (χ2n) is 5.28. The molecular formula is C17H18ClNO2. The molecule has 0 bridgehead atoms. The lowest BCUT2D eigenvalue weighted by Gasteiger charge is -2.13. The van der Waals surface area contributed by atoms with E-state index in [9.17, 15) is 9.59 Å². The summed E-state index contributed by atoms with van der Waals surface area (Å²) < 4.78 is 1.63. The molecule has 3 nitrogen and oxygen atoms in total. The van der Waals surface area contributed by atoms with Crippen LogP contribution in [0.3, 0.4) is 0 Å². The molecule has 0 amide bonds. The van der Waals surface area contributed by atoms with Crippen LogP contribution in [0.1, 0.15) is 23.1 Å². The molecular weight excluding hydrogens is 286 g/mol. The van der Waals surface area contributed by atoms with Gasteiger partial charge >= 0.3 is 0 Å². The number of carbonyl (C=O) groups is 1. The number of halogens is 1. The standard InChI is InChI=1S/C17H18ClNO2/c1-11-4-5-12(2)14(10-11)15-8-6-13(7-9-16(18)20)17(21)19(15)3/h4-6,8,10H,7,9H2,1-3H3. The van der Waals surface area contributed by atoms with E-state index in [0.717, 1.165) is 22.4 Å². The molecule has 1 aromatic heterocycles. The minimum atomic E-state index is -0.421. The predicted octanol–water partition coefficient (Wildman–Crippen LogP) is 3.37. The van der Waals surface area contributed by atoms with E-state index < -0.39 is 5.24 Å². The van der Waals surface area contributed by atoms with Crippen molar-refractivity contribution in [3.8, 4) is 11.3 Å². The average molecular weight is 304 g/mol. The average Bonchev–Trinajstić information content (AvgIpc) is 2.43. The molecule has 0 radical (unpaired) electrons. The largest absolute Gasteiger partial charge is 0.311 e. The highest BCUT2D eigenvalue weighted by atomic mass is 35.5. The molecule has 0 aliphatic carbocycles. The minimum Gasteiger partial charge on any atom is -0.311 e. The van der Waals surface area contributed by atoms with Crippen LogP contribution in [0.15, 0.2) is 35.1 Å². The van der Waals surface area contributed by atoms with Crippen LogP contribution < -0.4 is 5.56 Å². The van der Waals surface area contributed by atoms with Crippen LogP contribution in [-0.4, -0.2) is 9.81 Å². The maximum Gasteiger partial charge on any atom is 0.253 e. The summed E-state index contributed by atoms with van der Waals surface area (Å²) in [5.41, 5.74) is 4.74. The molecule has 0 aliphatic rings. The molecule has 0 saturated heterocycles. The van der Waals surface area contributed by atoms with Gasteiger partial charge in [0, 0.05) is 24.6 Å². The molecule has 21 heavy (non-hydrogen) atoms. The van der Waals surface area contributed by atoms with Crippen molar-refractivity contribution in [1.82, 2.24) is 4.57 Å². The van der Waals surface area contributed by atoms with E-state index in [2.05, 4.69) is 18.2 Å². The second-order valence-corrected chi connectivity index (χ2v) is 5.70. The fraction of sp³-hybridized carbons (Fsp3) is 0.294. The van der Waals surface area contributed by atoms with Crippen LogP contribution in [0.25, 0.3) is 11.3 Å². The highest BCUT2D eigenvalue weighted by Crippen LogP contribution is 2.23. The summed E-state index contributed by atoms with van der Waals surface area (Å²) in [5.74, 6) is 0. The molecule has 1 heterocycles. The molecule has 0 saturated carbocycles. The number of carbonyl (C=O) groups excluding carboxylic acids is 1. The van der Waals surface area contributed by atoms with Gasteiger partial charge in [0.1, 0.15) is 0 Å². The first-order valence-electron chi connectivity index (χ1n) is 6.85. The van der Waals surface area contributed by atoms with Crippen molar-refractivity contribution in [1.29, 1.82) is 0 Å². The Morgan fingerprint density at radius 1 is 1.19 bits per heavy atom. The zero-order chi connectivity index (χ0) is 15.6. The maximum absolute atomic E-state index is 12.4. The van der Waals surface area contributed by atoms with Gasteiger partial charge in [0.25, 0.3) is 5.56 Å². The quantitative estimate of drug-likeness (QED) is 0.812. The van der Waals surface area contributed by atoms with E-state index in [1.165, 1.54) is 0 Å². The van der Waals surface area contributed by atoms with E-state index in [1.54, 1.807) is 17.7 Å². The zero-order valence-electron chi connectivity index (χ0n) is 12.4. The summed E-state index contributed by atoms with van der Waals surface area (Å²) in [7, 11) is 1.76. The molecule has 1 aromatic carbocycles. The lowest BCUT2D eigenvalue weighted by Crippen LogP contribution is -2.22. The third-order valence-corrected chi connectivity index (χ3v) is 3.83. The summed E-state index contributed by atoms with van der Waals surface area (Å²) in [6.45, 7) is 4.06. The van der Waals surface area contributed by atoms with Gasteiger partial charge in [0.15, 0.2) is 0 Å². The molecule has 0 aliphatic heterocycles. The van der Waals surface area contributed by atoms with Gasteiger partial charge in [-0.3, -0.25) is 9.59 Å². The Hall–Kier alpha value is -1.87. The second kappa shape index (κ2) is 6.27. The summed E-state index contributed by atoms with van der Waals surface area (Å²) in [6.07, 6.45) is 0.557. The number of benzene rings is 1. The zero-order valence-corrected chi connectivity index (χ0v) is 13.2. The summed E-state index contributed by atoms with van der Waals surface area (Å²) in [4.78, 5) is 23.2. The number of hydrogen-bond acceptors (Lipinski definition) is 2.